The summed E-state index contributed by atoms with van der Waals surface area (Å²) in [5.74, 6) is 0.413. The molecule has 3 atom stereocenters. The van der Waals surface area contributed by atoms with Crippen LogP contribution in [0.4, 0.5) is 0 Å². The molecule has 1 unspecified atom stereocenters. The van der Waals surface area contributed by atoms with E-state index in [4.69, 9.17) is 9.84 Å². The highest BCUT2D eigenvalue weighted by molar-refractivity contribution is 6.11. The molecule has 1 heterocycles. The normalized spacial score (nSPS) is 40.8. The lowest BCUT2D eigenvalue weighted by Crippen LogP contribution is -2.33. The van der Waals surface area contributed by atoms with Gasteiger partial charge in [0.1, 0.15) is 13.4 Å². The van der Waals surface area contributed by atoms with Gasteiger partial charge in [-0.05, 0) is 5.82 Å². The lowest BCUT2D eigenvalue weighted by atomic mass is 9.81. The van der Waals surface area contributed by atoms with Gasteiger partial charge in [-0.3, -0.25) is 0 Å². The fraction of sp³-hybridized carbons (Fsp3) is 1.00. The van der Waals surface area contributed by atoms with Gasteiger partial charge in [-0.2, -0.15) is 0 Å². The first-order chi connectivity index (χ1) is 5.07. The Morgan fingerprint density at radius 1 is 1.82 bits per heavy atom. The van der Waals surface area contributed by atoms with E-state index in [0.717, 1.165) is 0 Å². The van der Waals surface area contributed by atoms with Gasteiger partial charge in [0, 0.05) is 6.42 Å². The van der Waals surface area contributed by atoms with Crippen LogP contribution in [0.2, 0.25) is 5.82 Å². The Hall–Kier alpha value is -0.0551. The van der Waals surface area contributed by atoms with Crippen LogP contribution in [-0.4, -0.2) is 43.0 Å². The Bertz CT molecular complexity index is 140. The van der Waals surface area contributed by atoms with E-state index in [0.29, 0.717) is 12.2 Å². The van der Waals surface area contributed by atoms with Gasteiger partial charge < -0.3 is 14.9 Å². The molecule has 0 bridgehead atoms. The molecule has 64 valence electrons. The minimum atomic E-state index is -0.977. The molecule has 0 saturated carbocycles. The van der Waals surface area contributed by atoms with Crippen molar-refractivity contribution in [2.24, 2.45) is 0 Å². The Morgan fingerprint density at radius 2 is 2.45 bits per heavy atom. The Kier molecular flexibility index (Phi) is 2.57. The lowest BCUT2D eigenvalue weighted by molar-refractivity contribution is -0.0215. The first kappa shape index (κ1) is 9.04. The molecule has 1 aliphatic heterocycles. The van der Waals surface area contributed by atoms with E-state index < -0.39 is 5.60 Å². The minimum absolute atomic E-state index is 0.104. The van der Waals surface area contributed by atoms with E-state index in [1.165, 1.54) is 0 Å². The number of hydrogen-bond donors (Lipinski definition) is 2. The van der Waals surface area contributed by atoms with Crippen molar-refractivity contribution >= 4 is 7.85 Å². The minimum Gasteiger partial charge on any atom is -0.393 e. The number of rotatable bonds is 2. The molecular formula is C7H15BO3. The maximum absolute atomic E-state index is 9.54. The van der Waals surface area contributed by atoms with E-state index in [-0.39, 0.29) is 19.3 Å². The fourth-order valence-electron chi connectivity index (χ4n) is 1.29. The first-order valence-corrected chi connectivity index (χ1v) is 4.02. The van der Waals surface area contributed by atoms with E-state index in [2.05, 4.69) is 0 Å². The van der Waals surface area contributed by atoms with Crippen molar-refractivity contribution in [1.29, 1.82) is 0 Å². The summed E-state index contributed by atoms with van der Waals surface area (Å²) in [7, 11) is 2.05. The van der Waals surface area contributed by atoms with Crippen molar-refractivity contribution in [2.45, 2.75) is 30.9 Å². The maximum Gasteiger partial charge on any atom is 0.113 e. The summed E-state index contributed by atoms with van der Waals surface area (Å²) in [6, 6.07) is 0. The van der Waals surface area contributed by atoms with Crippen LogP contribution in [0.3, 0.4) is 0 Å². The van der Waals surface area contributed by atoms with Crippen LogP contribution in [0.15, 0.2) is 0 Å². The van der Waals surface area contributed by atoms with Gasteiger partial charge in [-0.25, -0.2) is 0 Å². The van der Waals surface area contributed by atoms with Gasteiger partial charge in [0.15, 0.2) is 0 Å². The molecule has 0 aromatic rings. The molecule has 3 nitrogen and oxygen atoms in total. The third kappa shape index (κ3) is 1.95. The van der Waals surface area contributed by atoms with Crippen LogP contribution in [0.5, 0.6) is 0 Å². The van der Waals surface area contributed by atoms with Gasteiger partial charge in [0.25, 0.3) is 0 Å². The highest BCUT2D eigenvalue weighted by Gasteiger charge is 2.38. The number of ether oxygens (including phenoxy) is 1. The molecule has 1 aliphatic rings. The van der Waals surface area contributed by atoms with Crippen LogP contribution in [0.25, 0.3) is 0 Å². The summed E-state index contributed by atoms with van der Waals surface area (Å²) in [5, 5.41) is 18.3. The molecule has 4 heteroatoms. The quantitative estimate of drug-likeness (QED) is 0.503. The average molecular weight is 158 g/mol. The van der Waals surface area contributed by atoms with Gasteiger partial charge in [0.05, 0.1) is 19.3 Å². The van der Waals surface area contributed by atoms with Crippen molar-refractivity contribution in [2.75, 3.05) is 13.2 Å². The van der Waals surface area contributed by atoms with Crippen LogP contribution >= 0.6 is 0 Å². The summed E-state index contributed by atoms with van der Waals surface area (Å²) < 4.78 is 5.31. The average Bonchev–Trinajstić information content (AvgIpc) is 2.33. The summed E-state index contributed by atoms with van der Waals surface area (Å²) >= 11 is 0. The van der Waals surface area contributed by atoms with Crippen molar-refractivity contribution in [3.05, 3.63) is 0 Å². The summed E-state index contributed by atoms with van der Waals surface area (Å²) in [6.07, 6.45) is 0.661. The molecule has 11 heavy (non-hydrogen) atoms. The van der Waals surface area contributed by atoms with Crippen molar-refractivity contribution in [3.8, 4) is 0 Å². The van der Waals surface area contributed by atoms with E-state index >= 15 is 0 Å². The van der Waals surface area contributed by atoms with Crippen LogP contribution < -0.4 is 0 Å². The second kappa shape index (κ2) is 3.13. The molecule has 0 spiro atoms. The highest BCUT2D eigenvalue weighted by Crippen LogP contribution is 2.29. The fourth-order valence-corrected chi connectivity index (χ4v) is 1.29. The van der Waals surface area contributed by atoms with Crippen molar-refractivity contribution in [3.63, 3.8) is 0 Å². The number of aliphatic hydroxyl groups is 2. The zero-order chi connectivity index (χ0) is 8.48. The molecule has 1 saturated heterocycles. The molecule has 1 fully saturated rings. The summed E-state index contributed by atoms with van der Waals surface area (Å²) in [6.45, 7) is 2.12. The molecule has 2 N–H and O–H groups in total. The molecule has 0 aromatic carbocycles. The van der Waals surface area contributed by atoms with Crippen LogP contribution in [-0.2, 0) is 4.74 Å². The van der Waals surface area contributed by atoms with Gasteiger partial charge >= 0.3 is 0 Å². The largest absolute Gasteiger partial charge is 0.393 e. The van der Waals surface area contributed by atoms with E-state index in [9.17, 15) is 5.11 Å². The smallest absolute Gasteiger partial charge is 0.113 e. The van der Waals surface area contributed by atoms with E-state index in [1.54, 1.807) is 0 Å². The maximum atomic E-state index is 9.54. The SMILES string of the molecule is BC(C)[C@@H]1C[C@](O)(CO)CO1. The molecule has 0 radical (unpaired) electrons. The molecular weight excluding hydrogens is 143 g/mol. The zero-order valence-corrected chi connectivity index (χ0v) is 7.08. The zero-order valence-electron chi connectivity index (χ0n) is 7.08. The monoisotopic (exact) mass is 158 g/mol. The molecule has 0 amide bonds. The van der Waals surface area contributed by atoms with Crippen LogP contribution in [0.1, 0.15) is 13.3 Å². The number of hydrogen-bond acceptors (Lipinski definition) is 3. The predicted molar refractivity (Wildman–Crippen MR) is 44.4 cm³/mol. The summed E-state index contributed by atoms with van der Waals surface area (Å²) in [5.41, 5.74) is -0.977. The Morgan fingerprint density at radius 3 is 2.73 bits per heavy atom. The second-order valence-corrected chi connectivity index (χ2v) is 3.68. The Labute approximate surface area is 67.8 Å². The van der Waals surface area contributed by atoms with Gasteiger partial charge in [-0.15, -0.1) is 0 Å². The van der Waals surface area contributed by atoms with Crippen LogP contribution in [0, 0.1) is 0 Å². The highest BCUT2D eigenvalue weighted by atomic mass is 16.5. The van der Waals surface area contributed by atoms with Gasteiger partial charge in [0.2, 0.25) is 0 Å². The molecule has 1 rings (SSSR count). The van der Waals surface area contributed by atoms with Crippen molar-refractivity contribution < 1.29 is 14.9 Å². The summed E-state index contributed by atoms with van der Waals surface area (Å²) in [4.78, 5) is 0. The third-order valence-electron chi connectivity index (χ3n) is 2.19. The first-order valence-electron chi connectivity index (χ1n) is 4.02. The lowest BCUT2D eigenvalue weighted by Gasteiger charge is -2.17. The standard InChI is InChI=1S/C7H15BO3/c1-5(8)6-2-7(10,3-9)4-11-6/h5-6,9-10H,2-4,8H2,1H3/t5?,6-,7-/m0/s1. The Balaban J connectivity index is 2.46. The third-order valence-corrected chi connectivity index (χ3v) is 2.19. The van der Waals surface area contributed by atoms with Crippen molar-refractivity contribution in [1.82, 2.24) is 0 Å². The molecule has 0 aliphatic carbocycles. The van der Waals surface area contributed by atoms with E-state index in [1.807, 2.05) is 14.8 Å². The molecule has 0 aromatic heterocycles. The van der Waals surface area contributed by atoms with Gasteiger partial charge in [-0.1, -0.05) is 6.92 Å². The topological polar surface area (TPSA) is 49.7 Å². The number of aliphatic hydroxyl groups excluding tert-OH is 1. The second-order valence-electron chi connectivity index (χ2n) is 3.68. The predicted octanol–water partition coefficient (Wildman–Crippen LogP) is -1.06.